The second-order valence-electron chi connectivity index (χ2n) is 7.96. The van der Waals surface area contributed by atoms with E-state index in [2.05, 4.69) is 107 Å². The first-order chi connectivity index (χ1) is 17.2. The number of nitrogens with zero attached hydrogens (tertiary/aromatic N) is 1. The van der Waals surface area contributed by atoms with Crippen molar-refractivity contribution in [1.29, 1.82) is 0 Å². The van der Waals surface area contributed by atoms with Crippen LogP contribution in [0.1, 0.15) is 24.2 Å². The molecule has 1 amide bonds. The Bertz CT molecular complexity index is 1200. The third-order valence-electron chi connectivity index (χ3n) is 6.03. The standard InChI is InChI=1S/C18H15P.C11H14NO.C2H.Au/c1-4-10-16(11-5-1)19(17-12-6-2-7-13-17)18-14-8-3-9-15-18;1-3-12(4-2)11(13)10-8-6-5-7-9-10;1-2;/h1-15H;5-6,8-9H,3-4H2,1-2H3;1H;/q;;;-1/p+1. The molecule has 4 aromatic carbocycles. The summed E-state index contributed by atoms with van der Waals surface area (Å²) in [6.45, 7) is 5.41. The van der Waals surface area contributed by atoms with Crippen molar-refractivity contribution in [3.05, 3.63) is 121 Å². The number of amides is 1. The molecule has 4 rings (SSSR count). The van der Waals surface area contributed by atoms with Crippen molar-refractivity contribution < 1.29 is 22.7 Å². The Morgan fingerprint density at radius 2 is 1.20 bits per heavy atom. The van der Waals surface area contributed by atoms with Crippen LogP contribution < -0.4 is 19.7 Å². The van der Waals surface area contributed by atoms with Crippen molar-refractivity contribution in [1.82, 2.24) is 4.90 Å². The molecule has 2 nitrogen and oxygen atoms in total. The van der Waals surface area contributed by atoms with Gasteiger partial charge in [-0.25, -0.2) is 0 Å². The molecule has 35 heavy (non-hydrogen) atoms. The number of carbonyl (C=O) groups is 1. The summed E-state index contributed by atoms with van der Waals surface area (Å²) in [6, 6.07) is 40.5. The SMILES string of the molecule is C#[C][Au]([c]1cccc(C(=O)N(CC)CC)c1)[PH](c1ccccc1)(c1ccccc1)c1ccccc1. The van der Waals surface area contributed by atoms with Crippen molar-refractivity contribution in [2.45, 2.75) is 13.8 Å². The van der Waals surface area contributed by atoms with Gasteiger partial charge in [0.15, 0.2) is 0 Å². The molecule has 0 aliphatic rings. The Labute approximate surface area is 215 Å². The molecule has 0 radical (unpaired) electrons. The number of hydrogen-bond acceptors (Lipinski definition) is 1. The fraction of sp³-hybridized carbons (Fsp3) is 0.129. The molecular weight excluding hydrogens is 630 g/mol. The van der Waals surface area contributed by atoms with Crippen LogP contribution in [0.2, 0.25) is 0 Å². The molecule has 0 saturated carbocycles. The monoisotopic (exact) mass is 661 g/mol. The fourth-order valence-corrected chi connectivity index (χ4v) is 23.6. The molecule has 0 fully saturated rings. The summed E-state index contributed by atoms with van der Waals surface area (Å²) in [6.07, 6.45) is 6.50. The van der Waals surface area contributed by atoms with Gasteiger partial charge in [0, 0.05) is 0 Å². The first-order valence-corrected chi connectivity index (χ1v) is 19.0. The summed E-state index contributed by atoms with van der Waals surface area (Å²) in [5.74, 6) is 0.0645. The maximum atomic E-state index is 13.2. The number of carbonyl (C=O) groups excluding carboxylic acids is 1. The van der Waals surface area contributed by atoms with Gasteiger partial charge in [0.05, 0.1) is 0 Å². The van der Waals surface area contributed by atoms with E-state index in [9.17, 15) is 4.79 Å². The van der Waals surface area contributed by atoms with Gasteiger partial charge in [-0.15, -0.1) is 0 Å². The van der Waals surface area contributed by atoms with Gasteiger partial charge in [-0.3, -0.25) is 0 Å². The van der Waals surface area contributed by atoms with E-state index in [1.165, 1.54) is 15.9 Å². The summed E-state index contributed by atoms with van der Waals surface area (Å²) < 4.78 is 4.52. The molecule has 0 bridgehead atoms. The van der Waals surface area contributed by atoms with Crippen LogP contribution in [0.3, 0.4) is 0 Å². The molecule has 0 unspecified atom stereocenters. The molecule has 4 heteroatoms. The molecule has 182 valence electrons. The van der Waals surface area contributed by atoms with E-state index in [0.29, 0.717) is 13.1 Å². The van der Waals surface area contributed by atoms with Crippen LogP contribution >= 0.6 is 5.15 Å². The van der Waals surface area contributed by atoms with Gasteiger partial charge in [-0.2, -0.15) is 0 Å². The zero-order chi connectivity index (χ0) is 24.7. The zero-order valence-corrected chi connectivity index (χ0v) is 23.3. The Kier molecular flexibility index (Phi) is 8.40. The second kappa shape index (κ2) is 11.7. The Morgan fingerprint density at radius 1 is 0.743 bits per heavy atom. The van der Waals surface area contributed by atoms with E-state index < -0.39 is 23.1 Å². The summed E-state index contributed by atoms with van der Waals surface area (Å²) in [7, 11) is 0. The number of rotatable bonds is 8. The second-order valence-corrected chi connectivity index (χ2v) is 21.7. The van der Waals surface area contributed by atoms with E-state index in [1.807, 2.05) is 30.9 Å². The molecule has 0 saturated heterocycles. The van der Waals surface area contributed by atoms with Gasteiger partial charge in [0.25, 0.3) is 0 Å². The summed E-state index contributed by atoms with van der Waals surface area (Å²) in [4.78, 5) is 15.1. The maximum absolute atomic E-state index is 13.2. The Morgan fingerprint density at radius 3 is 1.60 bits per heavy atom. The fourth-order valence-electron chi connectivity index (χ4n) is 4.36. The molecule has 0 aliphatic carbocycles. The molecule has 0 N–H and O–H groups in total. The summed E-state index contributed by atoms with van der Waals surface area (Å²) in [5.41, 5.74) is 0.721. The van der Waals surface area contributed by atoms with E-state index in [1.54, 1.807) is 0 Å². The van der Waals surface area contributed by atoms with Crippen LogP contribution in [-0.2, 0) is 17.9 Å². The van der Waals surface area contributed by atoms with Crippen LogP contribution in [0.15, 0.2) is 115 Å². The quantitative estimate of drug-likeness (QED) is 0.153. The molecule has 0 aromatic heterocycles. The predicted molar refractivity (Wildman–Crippen MR) is 149 cm³/mol. The Hall–Kier alpha value is -2.92. The van der Waals surface area contributed by atoms with E-state index >= 15 is 0 Å². The molecule has 0 spiro atoms. The third kappa shape index (κ3) is 4.92. The molecule has 4 aromatic rings. The molecular formula is C31H31AuNOP. The van der Waals surface area contributed by atoms with Gasteiger partial charge in [0.2, 0.25) is 0 Å². The van der Waals surface area contributed by atoms with Crippen LogP contribution in [0.4, 0.5) is 0 Å². The summed E-state index contributed by atoms with van der Waals surface area (Å²) in [5, 5.41) is 1.34. The van der Waals surface area contributed by atoms with Gasteiger partial charge in [0.1, 0.15) is 0 Å². The first-order valence-electron chi connectivity index (χ1n) is 11.8. The summed E-state index contributed by atoms with van der Waals surface area (Å²) >= 11 is -2.25. The van der Waals surface area contributed by atoms with Crippen LogP contribution in [0, 0.1) is 10.6 Å². The minimum absolute atomic E-state index is 0.0645. The van der Waals surface area contributed by atoms with Gasteiger partial charge in [-0.05, 0) is 0 Å². The number of hydrogen-bond donors (Lipinski definition) is 0. The molecule has 0 heterocycles. The normalized spacial score (nSPS) is 11.9. The zero-order valence-electron chi connectivity index (χ0n) is 20.1. The van der Waals surface area contributed by atoms with Crippen LogP contribution in [-0.4, -0.2) is 23.9 Å². The van der Waals surface area contributed by atoms with E-state index in [0.717, 1.165) is 9.34 Å². The third-order valence-corrected chi connectivity index (χ3v) is 24.9. The van der Waals surface area contributed by atoms with Gasteiger partial charge in [-0.1, -0.05) is 0 Å². The average molecular weight is 662 g/mol. The van der Waals surface area contributed by atoms with E-state index in [-0.39, 0.29) is 5.91 Å². The molecule has 0 aliphatic heterocycles. The topological polar surface area (TPSA) is 20.3 Å². The predicted octanol–water partition coefficient (Wildman–Crippen LogP) is 4.64. The van der Waals surface area contributed by atoms with Crippen molar-refractivity contribution in [2.75, 3.05) is 13.1 Å². The van der Waals surface area contributed by atoms with Gasteiger partial charge >= 0.3 is 217 Å². The average Bonchev–Trinajstić information content (AvgIpc) is 2.94. The van der Waals surface area contributed by atoms with Crippen molar-refractivity contribution in [3.63, 3.8) is 0 Å². The first kappa shape index (κ1) is 25.2. The Balaban J connectivity index is 2.01. The van der Waals surface area contributed by atoms with Crippen LogP contribution in [0.25, 0.3) is 0 Å². The van der Waals surface area contributed by atoms with Crippen molar-refractivity contribution >= 4 is 30.8 Å². The van der Waals surface area contributed by atoms with E-state index in [4.69, 9.17) is 6.42 Å². The molecule has 0 atom stereocenters. The van der Waals surface area contributed by atoms with Gasteiger partial charge < -0.3 is 0 Å². The van der Waals surface area contributed by atoms with Crippen LogP contribution in [0.5, 0.6) is 0 Å². The van der Waals surface area contributed by atoms with Crippen molar-refractivity contribution in [3.8, 4) is 10.6 Å². The minimum atomic E-state index is -2.61. The number of benzene rings is 4. The van der Waals surface area contributed by atoms with Crippen molar-refractivity contribution in [2.24, 2.45) is 0 Å². The number of terminal acetylenes is 1.